The molecule has 3 heteroatoms. The van der Waals surface area contributed by atoms with Gasteiger partial charge in [0.2, 0.25) is 0 Å². The zero-order chi connectivity index (χ0) is 13.1. The Kier molecular flexibility index (Phi) is 4.10. The minimum absolute atomic E-state index is 0.0787. The molecule has 1 aromatic carbocycles. The number of aryl methyl sites for hydroxylation is 1. The fourth-order valence-electron chi connectivity index (χ4n) is 2.60. The van der Waals surface area contributed by atoms with E-state index in [4.69, 9.17) is 0 Å². The normalized spacial score (nSPS) is 17.5. The third-order valence-corrected chi connectivity index (χ3v) is 3.74. The van der Waals surface area contributed by atoms with E-state index in [1.165, 1.54) is 6.92 Å². The van der Waals surface area contributed by atoms with E-state index in [1.54, 1.807) is 0 Å². The van der Waals surface area contributed by atoms with Crippen LogP contribution in [0.15, 0.2) is 12.1 Å². The maximum absolute atomic E-state index is 13.7. The van der Waals surface area contributed by atoms with Crippen LogP contribution >= 0.6 is 0 Å². The predicted molar refractivity (Wildman–Crippen MR) is 66.6 cm³/mol. The lowest BCUT2D eigenvalue weighted by molar-refractivity contribution is 0.0903. The molecular formula is C15H18F2O. The summed E-state index contributed by atoms with van der Waals surface area (Å²) in [5.74, 6) is -1.46. The Balaban J connectivity index is 2.24. The highest BCUT2D eigenvalue weighted by Crippen LogP contribution is 2.27. The molecular weight excluding hydrogens is 234 g/mol. The van der Waals surface area contributed by atoms with Gasteiger partial charge < -0.3 is 0 Å². The van der Waals surface area contributed by atoms with Crippen molar-refractivity contribution in [2.75, 3.05) is 0 Å². The first-order valence-electron chi connectivity index (χ1n) is 6.59. The minimum Gasteiger partial charge on any atom is -0.294 e. The van der Waals surface area contributed by atoms with E-state index >= 15 is 0 Å². The highest BCUT2D eigenvalue weighted by molar-refractivity contribution is 5.98. The highest BCUT2D eigenvalue weighted by atomic mass is 19.1. The van der Waals surface area contributed by atoms with Crippen LogP contribution in [0.4, 0.5) is 8.78 Å². The molecule has 1 nitrogen and oxygen atoms in total. The summed E-state index contributed by atoms with van der Waals surface area (Å²) in [6, 6.07) is 2.16. The summed E-state index contributed by atoms with van der Waals surface area (Å²) >= 11 is 0. The Morgan fingerprint density at radius 3 is 2.28 bits per heavy atom. The molecule has 1 aliphatic rings. The fraction of sp³-hybridized carbons (Fsp3) is 0.533. The van der Waals surface area contributed by atoms with Crippen molar-refractivity contribution in [1.82, 2.24) is 0 Å². The van der Waals surface area contributed by atoms with Gasteiger partial charge >= 0.3 is 0 Å². The lowest BCUT2D eigenvalue weighted by Gasteiger charge is -2.13. The number of halogens is 2. The lowest BCUT2D eigenvalue weighted by Crippen LogP contribution is -2.16. The van der Waals surface area contributed by atoms with Gasteiger partial charge in [0.05, 0.1) is 5.56 Å². The summed E-state index contributed by atoms with van der Waals surface area (Å²) in [6.45, 7) is 1.50. The van der Waals surface area contributed by atoms with Crippen molar-refractivity contribution in [3.8, 4) is 0 Å². The Labute approximate surface area is 106 Å². The van der Waals surface area contributed by atoms with Gasteiger partial charge in [0.25, 0.3) is 0 Å². The van der Waals surface area contributed by atoms with Gasteiger partial charge in [-0.15, -0.1) is 0 Å². The maximum Gasteiger partial charge on any atom is 0.168 e. The van der Waals surface area contributed by atoms with Crippen molar-refractivity contribution in [1.29, 1.82) is 0 Å². The van der Waals surface area contributed by atoms with Crippen LogP contribution in [0, 0.1) is 24.5 Å². The van der Waals surface area contributed by atoms with Crippen LogP contribution < -0.4 is 0 Å². The molecule has 0 N–H and O–H groups in total. The van der Waals surface area contributed by atoms with Crippen LogP contribution in [-0.4, -0.2) is 5.78 Å². The summed E-state index contributed by atoms with van der Waals surface area (Å²) in [5.41, 5.74) is 0.162. The zero-order valence-corrected chi connectivity index (χ0v) is 10.6. The first-order chi connectivity index (χ1) is 8.59. The molecule has 0 aromatic heterocycles. The van der Waals surface area contributed by atoms with Gasteiger partial charge in [-0.05, 0) is 37.5 Å². The van der Waals surface area contributed by atoms with Crippen molar-refractivity contribution in [2.24, 2.45) is 5.92 Å². The minimum atomic E-state index is -0.594. The van der Waals surface area contributed by atoms with Crippen molar-refractivity contribution in [2.45, 2.75) is 45.4 Å². The predicted octanol–water partition coefficient (Wildman–Crippen LogP) is 4.43. The SMILES string of the molecule is Cc1cc(F)c(C(=O)C2CCCCCC2)cc1F. The van der Waals surface area contributed by atoms with Crippen LogP contribution in [-0.2, 0) is 0 Å². The summed E-state index contributed by atoms with van der Waals surface area (Å²) in [4.78, 5) is 12.2. The van der Waals surface area contributed by atoms with Gasteiger partial charge in [0, 0.05) is 5.92 Å². The van der Waals surface area contributed by atoms with Crippen molar-refractivity contribution in [3.63, 3.8) is 0 Å². The number of rotatable bonds is 2. The van der Waals surface area contributed by atoms with Crippen LogP contribution in [0.1, 0.15) is 54.4 Å². The molecule has 0 spiro atoms. The number of hydrogen-bond acceptors (Lipinski definition) is 1. The molecule has 1 aliphatic carbocycles. The average molecular weight is 252 g/mol. The van der Waals surface area contributed by atoms with E-state index in [0.717, 1.165) is 50.7 Å². The highest BCUT2D eigenvalue weighted by Gasteiger charge is 2.24. The summed E-state index contributed by atoms with van der Waals surface area (Å²) in [6.07, 6.45) is 5.88. The Morgan fingerprint density at radius 1 is 1.06 bits per heavy atom. The van der Waals surface area contributed by atoms with Crippen LogP contribution in [0.3, 0.4) is 0 Å². The third-order valence-electron chi connectivity index (χ3n) is 3.74. The number of benzene rings is 1. The second-order valence-corrected chi connectivity index (χ2v) is 5.13. The topological polar surface area (TPSA) is 17.1 Å². The summed E-state index contributed by atoms with van der Waals surface area (Å²) in [7, 11) is 0. The molecule has 0 atom stereocenters. The maximum atomic E-state index is 13.7. The molecule has 1 fully saturated rings. The monoisotopic (exact) mass is 252 g/mol. The Bertz CT molecular complexity index is 446. The number of Topliss-reactive ketones (excluding diaryl/α,β-unsaturated/α-hetero) is 1. The van der Waals surface area contributed by atoms with Crippen molar-refractivity contribution < 1.29 is 13.6 Å². The molecule has 0 radical (unpaired) electrons. The lowest BCUT2D eigenvalue weighted by atomic mass is 9.90. The molecule has 0 aliphatic heterocycles. The van der Waals surface area contributed by atoms with Gasteiger partial charge in [-0.3, -0.25) is 4.79 Å². The van der Waals surface area contributed by atoms with E-state index in [0.29, 0.717) is 0 Å². The van der Waals surface area contributed by atoms with Crippen LogP contribution in [0.5, 0.6) is 0 Å². The molecule has 0 amide bonds. The first-order valence-corrected chi connectivity index (χ1v) is 6.59. The standard InChI is InChI=1S/C15H18F2O/c1-10-8-14(17)12(9-13(10)16)15(18)11-6-4-2-3-5-7-11/h8-9,11H,2-7H2,1H3. The van der Waals surface area contributed by atoms with Crippen LogP contribution in [0.2, 0.25) is 0 Å². The van der Waals surface area contributed by atoms with E-state index in [-0.39, 0.29) is 22.8 Å². The van der Waals surface area contributed by atoms with Gasteiger partial charge in [0.1, 0.15) is 11.6 Å². The molecule has 2 rings (SSSR count). The number of carbonyl (C=O) groups is 1. The Hall–Kier alpha value is -1.25. The van der Waals surface area contributed by atoms with Crippen molar-refractivity contribution in [3.05, 3.63) is 34.9 Å². The van der Waals surface area contributed by atoms with Crippen molar-refractivity contribution >= 4 is 5.78 Å². The molecule has 0 unspecified atom stereocenters. The molecule has 98 valence electrons. The second kappa shape index (κ2) is 5.59. The van der Waals surface area contributed by atoms with E-state index in [1.807, 2.05) is 0 Å². The largest absolute Gasteiger partial charge is 0.294 e. The first kappa shape index (κ1) is 13.2. The molecule has 0 saturated heterocycles. The quantitative estimate of drug-likeness (QED) is 0.562. The fourth-order valence-corrected chi connectivity index (χ4v) is 2.60. The third kappa shape index (κ3) is 2.77. The van der Waals surface area contributed by atoms with E-state index in [2.05, 4.69) is 0 Å². The van der Waals surface area contributed by atoms with Gasteiger partial charge in [-0.25, -0.2) is 8.78 Å². The molecule has 18 heavy (non-hydrogen) atoms. The number of carbonyl (C=O) groups excluding carboxylic acids is 1. The Morgan fingerprint density at radius 2 is 1.67 bits per heavy atom. The van der Waals surface area contributed by atoms with Crippen LogP contribution in [0.25, 0.3) is 0 Å². The number of hydrogen-bond donors (Lipinski definition) is 0. The van der Waals surface area contributed by atoms with Gasteiger partial charge in [-0.2, -0.15) is 0 Å². The van der Waals surface area contributed by atoms with E-state index in [9.17, 15) is 13.6 Å². The molecule has 0 bridgehead atoms. The van der Waals surface area contributed by atoms with Gasteiger partial charge in [0.15, 0.2) is 5.78 Å². The zero-order valence-electron chi connectivity index (χ0n) is 10.6. The van der Waals surface area contributed by atoms with Gasteiger partial charge in [-0.1, -0.05) is 25.7 Å². The average Bonchev–Trinajstić information content (AvgIpc) is 2.61. The smallest absolute Gasteiger partial charge is 0.168 e. The van der Waals surface area contributed by atoms with E-state index < -0.39 is 11.6 Å². The summed E-state index contributed by atoms with van der Waals surface area (Å²) in [5, 5.41) is 0. The molecule has 1 saturated carbocycles. The second-order valence-electron chi connectivity index (χ2n) is 5.13. The molecule has 1 aromatic rings. The summed E-state index contributed by atoms with van der Waals surface area (Å²) < 4.78 is 27.2. The number of ketones is 1. The molecule has 0 heterocycles.